The van der Waals surface area contributed by atoms with Gasteiger partial charge in [-0.2, -0.15) is 0 Å². The number of rotatable bonds is 3. The van der Waals surface area contributed by atoms with E-state index in [1.165, 1.54) is 25.5 Å². The molecule has 0 bridgehead atoms. The lowest BCUT2D eigenvalue weighted by molar-refractivity contribution is 0.100. The van der Waals surface area contributed by atoms with E-state index in [0.717, 1.165) is 6.42 Å². The third-order valence-corrected chi connectivity index (χ3v) is 2.65. The molecule has 0 unspecified atom stereocenters. The number of ketones is 1. The van der Waals surface area contributed by atoms with Crippen molar-refractivity contribution in [2.24, 2.45) is 0 Å². The number of hydrogen-bond acceptors (Lipinski definition) is 3. The summed E-state index contributed by atoms with van der Waals surface area (Å²) in [6, 6.07) is 4.33. The van der Waals surface area contributed by atoms with Gasteiger partial charge in [-0.3, -0.25) is 4.79 Å². The number of carbonyl (C=O) groups excluding carboxylic acids is 1. The van der Waals surface area contributed by atoms with Crippen molar-refractivity contribution >= 4 is 5.78 Å². The highest BCUT2D eigenvalue weighted by atomic mass is 19.1. The van der Waals surface area contributed by atoms with Gasteiger partial charge in [0.25, 0.3) is 0 Å². The summed E-state index contributed by atoms with van der Waals surface area (Å²) in [6.07, 6.45) is 2.79. The molecule has 0 N–H and O–H groups in total. The number of ether oxygens (including phenoxy) is 2. The van der Waals surface area contributed by atoms with E-state index in [9.17, 15) is 9.18 Å². The van der Waals surface area contributed by atoms with Gasteiger partial charge in [-0.25, -0.2) is 4.39 Å². The number of methoxy groups -OCH3 is 1. The third-order valence-electron chi connectivity index (χ3n) is 2.65. The van der Waals surface area contributed by atoms with Crippen LogP contribution in [-0.2, 0) is 4.74 Å². The molecular weight excluding hydrogens is 223 g/mol. The first kappa shape index (κ1) is 11.6. The molecule has 3 nitrogen and oxygen atoms in total. The number of allylic oxidation sites excluding steroid dienone is 1. The Balaban J connectivity index is 2.39. The van der Waals surface area contributed by atoms with Crippen LogP contribution < -0.4 is 4.74 Å². The highest BCUT2D eigenvalue weighted by Crippen LogP contribution is 2.26. The van der Waals surface area contributed by atoms with Gasteiger partial charge in [-0.15, -0.1) is 0 Å². The van der Waals surface area contributed by atoms with E-state index in [2.05, 4.69) is 0 Å². The molecule has 0 spiro atoms. The summed E-state index contributed by atoms with van der Waals surface area (Å²) in [5.41, 5.74) is 0.464. The Morgan fingerprint density at radius 2 is 2.29 bits per heavy atom. The van der Waals surface area contributed by atoms with Crippen molar-refractivity contribution in [2.75, 3.05) is 13.7 Å². The fraction of sp³-hybridized carbons (Fsp3) is 0.308. The summed E-state index contributed by atoms with van der Waals surface area (Å²) in [4.78, 5) is 12.1. The normalized spacial score (nSPS) is 14.8. The lowest BCUT2D eigenvalue weighted by atomic mass is 9.98. The Morgan fingerprint density at radius 1 is 1.47 bits per heavy atom. The second-order valence-corrected chi connectivity index (χ2v) is 3.76. The van der Waals surface area contributed by atoms with Crippen molar-refractivity contribution < 1.29 is 18.7 Å². The van der Waals surface area contributed by atoms with Crippen LogP contribution in [0.3, 0.4) is 0 Å². The maximum atomic E-state index is 13.7. The molecule has 0 aromatic heterocycles. The van der Waals surface area contributed by atoms with Gasteiger partial charge in [-0.05, 0) is 25.0 Å². The van der Waals surface area contributed by atoms with Crippen molar-refractivity contribution in [3.8, 4) is 5.75 Å². The molecular formula is C13H13FO3. The first-order valence-electron chi connectivity index (χ1n) is 5.42. The molecule has 1 aromatic rings. The summed E-state index contributed by atoms with van der Waals surface area (Å²) in [5, 5.41) is 0. The number of halogens is 1. The summed E-state index contributed by atoms with van der Waals surface area (Å²) in [6.45, 7) is 0.602. The molecule has 0 atom stereocenters. The van der Waals surface area contributed by atoms with Crippen LogP contribution in [0.1, 0.15) is 23.2 Å². The fourth-order valence-electron chi connectivity index (χ4n) is 1.79. The maximum absolute atomic E-state index is 13.7. The number of carbonyl (C=O) groups is 1. The van der Waals surface area contributed by atoms with Gasteiger partial charge in [0.2, 0.25) is 0 Å². The summed E-state index contributed by atoms with van der Waals surface area (Å²) < 4.78 is 23.8. The van der Waals surface area contributed by atoms with Gasteiger partial charge in [-0.1, -0.05) is 6.07 Å². The zero-order valence-electron chi connectivity index (χ0n) is 9.53. The molecule has 0 radical (unpaired) electrons. The van der Waals surface area contributed by atoms with Crippen LogP contribution in [0.5, 0.6) is 5.75 Å². The zero-order chi connectivity index (χ0) is 12.3. The van der Waals surface area contributed by atoms with E-state index >= 15 is 0 Å². The molecule has 0 saturated heterocycles. The molecule has 0 amide bonds. The Labute approximate surface area is 98.8 Å². The van der Waals surface area contributed by atoms with Gasteiger partial charge >= 0.3 is 0 Å². The average molecular weight is 236 g/mol. The molecule has 90 valence electrons. The second kappa shape index (κ2) is 4.99. The van der Waals surface area contributed by atoms with Crippen LogP contribution in [0.4, 0.5) is 4.39 Å². The molecule has 1 aliphatic rings. The maximum Gasteiger partial charge on any atom is 0.198 e. The van der Waals surface area contributed by atoms with Crippen LogP contribution in [0.2, 0.25) is 0 Å². The molecule has 2 rings (SSSR count). The van der Waals surface area contributed by atoms with Crippen molar-refractivity contribution in [2.45, 2.75) is 12.8 Å². The van der Waals surface area contributed by atoms with Crippen LogP contribution >= 0.6 is 0 Å². The van der Waals surface area contributed by atoms with Gasteiger partial charge in [0.1, 0.15) is 11.6 Å². The molecule has 1 heterocycles. The van der Waals surface area contributed by atoms with Crippen molar-refractivity contribution in [1.82, 2.24) is 0 Å². The van der Waals surface area contributed by atoms with Crippen LogP contribution in [0, 0.1) is 5.82 Å². The number of Topliss-reactive ketones (excluding diaryl/α,β-unsaturated/α-hetero) is 1. The predicted molar refractivity (Wildman–Crippen MR) is 60.6 cm³/mol. The van der Waals surface area contributed by atoms with E-state index in [1.54, 1.807) is 6.07 Å². The molecule has 0 aliphatic carbocycles. The van der Waals surface area contributed by atoms with Gasteiger partial charge in [0, 0.05) is 5.57 Å². The third kappa shape index (κ3) is 2.30. The lowest BCUT2D eigenvalue weighted by Crippen LogP contribution is -2.12. The zero-order valence-corrected chi connectivity index (χ0v) is 9.53. The minimum absolute atomic E-state index is 0.0215. The van der Waals surface area contributed by atoms with Crippen LogP contribution in [-0.4, -0.2) is 19.5 Å². The van der Waals surface area contributed by atoms with Crippen LogP contribution in [0.15, 0.2) is 30.0 Å². The summed E-state index contributed by atoms with van der Waals surface area (Å²) in [7, 11) is 1.41. The first-order valence-corrected chi connectivity index (χ1v) is 5.42. The highest BCUT2D eigenvalue weighted by Gasteiger charge is 2.22. The minimum atomic E-state index is -0.569. The average Bonchev–Trinajstić information content (AvgIpc) is 2.38. The second-order valence-electron chi connectivity index (χ2n) is 3.76. The standard InChI is InChI=1S/C13H13FO3/c1-16-11-6-2-5-10(14)12(11)13(15)9-4-3-7-17-8-9/h2,5-6,8H,3-4,7H2,1H3. The predicted octanol–water partition coefficient (Wildman–Crippen LogP) is 2.71. The summed E-state index contributed by atoms with van der Waals surface area (Å²) in [5.74, 6) is -0.679. The topological polar surface area (TPSA) is 35.5 Å². The van der Waals surface area contributed by atoms with Gasteiger partial charge in [0.15, 0.2) is 5.78 Å². The molecule has 17 heavy (non-hydrogen) atoms. The van der Waals surface area contributed by atoms with E-state index < -0.39 is 5.82 Å². The Bertz CT molecular complexity index is 466. The first-order chi connectivity index (χ1) is 8.24. The van der Waals surface area contributed by atoms with Gasteiger partial charge in [0.05, 0.1) is 25.5 Å². The monoisotopic (exact) mass is 236 g/mol. The fourth-order valence-corrected chi connectivity index (χ4v) is 1.79. The smallest absolute Gasteiger partial charge is 0.198 e. The lowest BCUT2D eigenvalue weighted by Gasteiger charge is -2.14. The summed E-state index contributed by atoms with van der Waals surface area (Å²) >= 11 is 0. The van der Waals surface area contributed by atoms with Crippen molar-refractivity contribution in [1.29, 1.82) is 0 Å². The number of hydrogen-bond donors (Lipinski definition) is 0. The minimum Gasteiger partial charge on any atom is -0.501 e. The molecule has 0 saturated carbocycles. The number of benzene rings is 1. The Morgan fingerprint density at radius 3 is 2.94 bits per heavy atom. The molecule has 1 aromatic carbocycles. The van der Waals surface area contributed by atoms with Crippen LogP contribution in [0.25, 0.3) is 0 Å². The molecule has 4 heteroatoms. The molecule has 0 fully saturated rings. The van der Waals surface area contributed by atoms with E-state index in [1.807, 2.05) is 0 Å². The van der Waals surface area contributed by atoms with Crippen molar-refractivity contribution in [3.05, 3.63) is 41.4 Å². The Kier molecular flexibility index (Phi) is 3.42. The van der Waals surface area contributed by atoms with E-state index in [-0.39, 0.29) is 17.1 Å². The van der Waals surface area contributed by atoms with E-state index in [0.29, 0.717) is 18.6 Å². The highest BCUT2D eigenvalue weighted by molar-refractivity contribution is 6.10. The van der Waals surface area contributed by atoms with E-state index in [4.69, 9.17) is 9.47 Å². The SMILES string of the molecule is COc1cccc(F)c1C(=O)C1=COCCC1. The Hall–Kier alpha value is -1.84. The van der Waals surface area contributed by atoms with Gasteiger partial charge < -0.3 is 9.47 Å². The molecule has 1 aliphatic heterocycles. The van der Waals surface area contributed by atoms with Crippen molar-refractivity contribution in [3.63, 3.8) is 0 Å². The quantitative estimate of drug-likeness (QED) is 0.757. The largest absolute Gasteiger partial charge is 0.501 e.